The van der Waals surface area contributed by atoms with E-state index in [2.05, 4.69) is 10.3 Å². The maximum atomic E-state index is 12.6. The summed E-state index contributed by atoms with van der Waals surface area (Å²) in [5.41, 5.74) is 0.915. The van der Waals surface area contributed by atoms with Crippen LogP contribution in [0.5, 0.6) is 5.75 Å². The lowest BCUT2D eigenvalue weighted by atomic mass is 10.1. The van der Waals surface area contributed by atoms with Crippen LogP contribution in [-0.4, -0.2) is 22.6 Å². The zero-order valence-corrected chi connectivity index (χ0v) is 12.7. The maximum absolute atomic E-state index is 12.6. The van der Waals surface area contributed by atoms with Crippen molar-refractivity contribution in [1.29, 1.82) is 0 Å². The number of methoxy groups -OCH3 is 1. The molecule has 0 atom stereocenters. The number of ether oxygens (including phenoxy) is 1. The van der Waals surface area contributed by atoms with Crippen molar-refractivity contribution in [2.45, 2.75) is 0 Å². The summed E-state index contributed by atoms with van der Waals surface area (Å²) in [7, 11) is 3.31. The normalized spacial score (nSPS) is 10.5. The molecule has 0 unspecified atom stereocenters. The van der Waals surface area contributed by atoms with E-state index in [0.717, 1.165) is 0 Å². The number of nitrogens with zero attached hydrogens (tertiary/aromatic N) is 2. The van der Waals surface area contributed by atoms with Crippen LogP contribution >= 0.6 is 0 Å². The summed E-state index contributed by atoms with van der Waals surface area (Å²) >= 11 is 0. The lowest BCUT2D eigenvalue weighted by Gasteiger charge is -2.12. The third-order valence-electron chi connectivity index (χ3n) is 3.55. The lowest BCUT2D eigenvalue weighted by molar-refractivity contribution is 0.102. The maximum Gasteiger partial charge on any atom is 0.261 e. The Morgan fingerprint density at radius 3 is 2.78 bits per heavy atom. The van der Waals surface area contributed by atoms with Crippen molar-refractivity contribution < 1.29 is 9.53 Å². The summed E-state index contributed by atoms with van der Waals surface area (Å²) in [5.74, 6) is 0.115. The van der Waals surface area contributed by atoms with Crippen LogP contribution in [0.25, 0.3) is 10.9 Å². The van der Waals surface area contributed by atoms with Crippen LogP contribution in [0.4, 0.5) is 5.69 Å². The van der Waals surface area contributed by atoms with Gasteiger partial charge in [0, 0.05) is 19.4 Å². The first-order valence-electron chi connectivity index (χ1n) is 6.99. The van der Waals surface area contributed by atoms with Crippen molar-refractivity contribution in [3.63, 3.8) is 0 Å². The molecule has 1 aromatic carbocycles. The molecular weight excluding hydrogens is 294 g/mol. The Kier molecular flexibility index (Phi) is 3.80. The number of para-hydroxylation sites is 1. The van der Waals surface area contributed by atoms with Gasteiger partial charge < -0.3 is 14.6 Å². The van der Waals surface area contributed by atoms with E-state index in [0.29, 0.717) is 22.3 Å². The molecule has 1 amide bonds. The summed E-state index contributed by atoms with van der Waals surface area (Å²) in [6.07, 6.45) is 4.64. The van der Waals surface area contributed by atoms with Gasteiger partial charge in [-0.15, -0.1) is 0 Å². The zero-order chi connectivity index (χ0) is 16.4. The van der Waals surface area contributed by atoms with E-state index >= 15 is 0 Å². The van der Waals surface area contributed by atoms with Crippen molar-refractivity contribution in [2.24, 2.45) is 7.05 Å². The minimum Gasteiger partial charge on any atom is -0.495 e. The highest BCUT2D eigenvalue weighted by molar-refractivity contribution is 6.06. The van der Waals surface area contributed by atoms with Gasteiger partial charge in [-0.05, 0) is 24.3 Å². The van der Waals surface area contributed by atoms with Crippen LogP contribution in [0.3, 0.4) is 0 Å². The van der Waals surface area contributed by atoms with E-state index in [1.54, 1.807) is 55.3 Å². The first-order valence-corrected chi connectivity index (χ1v) is 6.99. The molecule has 6 nitrogen and oxygen atoms in total. The third kappa shape index (κ3) is 2.66. The molecule has 2 aromatic heterocycles. The highest BCUT2D eigenvalue weighted by Gasteiger charge is 2.16. The van der Waals surface area contributed by atoms with E-state index < -0.39 is 5.91 Å². The number of anilines is 1. The number of rotatable bonds is 3. The second-order valence-electron chi connectivity index (χ2n) is 5.04. The quantitative estimate of drug-likeness (QED) is 0.805. The molecule has 0 fully saturated rings. The van der Waals surface area contributed by atoms with Crippen LogP contribution in [0.1, 0.15) is 10.4 Å². The second kappa shape index (κ2) is 5.92. The van der Waals surface area contributed by atoms with Gasteiger partial charge in [0.2, 0.25) is 5.43 Å². The SMILES string of the molecule is COc1cccc2c(=O)c(C(=O)Nc3cccnc3)cn(C)c12. The number of benzene rings is 1. The molecule has 1 N–H and O–H groups in total. The van der Waals surface area contributed by atoms with E-state index in [-0.39, 0.29) is 11.0 Å². The summed E-state index contributed by atoms with van der Waals surface area (Å²) in [5, 5.41) is 3.11. The van der Waals surface area contributed by atoms with Crippen molar-refractivity contribution in [3.05, 3.63) is 64.7 Å². The van der Waals surface area contributed by atoms with Crippen LogP contribution in [-0.2, 0) is 7.05 Å². The van der Waals surface area contributed by atoms with Gasteiger partial charge in [-0.25, -0.2) is 0 Å². The van der Waals surface area contributed by atoms with Crippen LogP contribution < -0.4 is 15.5 Å². The van der Waals surface area contributed by atoms with Gasteiger partial charge in [-0.1, -0.05) is 6.07 Å². The van der Waals surface area contributed by atoms with Crippen molar-refractivity contribution in [3.8, 4) is 5.75 Å². The smallest absolute Gasteiger partial charge is 0.261 e. The number of aromatic nitrogens is 2. The van der Waals surface area contributed by atoms with Gasteiger partial charge in [0.1, 0.15) is 11.3 Å². The number of fused-ring (bicyclic) bond motifs is 1. The third-order valence-corrected chi connectivity index (χ3v) is 3.55. The highest BCUT2D eigenvalue weighted by atomic mass is 16.5. The van der Waals surface area contributed by atoms with E-state index in [9.17, 15) is 9.59 Å². The average Bonchev–Trinajstić information content (AvgIpc) is 2.58. The Morgan fingerprint density at radius 1 is 1.26 bits per heavy atom. The molecule has 3 aromatic rings. The Hall–Kier alpha value is -3.15. The van der Waals surface area contributed by atoms with Crippen molar-refractivity contribution >= 4 is 22.5 Å². The van der Waals surface area contributed by atoms with Gasteiger partial charge in [-0.2, -0.15) is 0 Å². The molecule has 0 saturated carbocycles. The number of carbonyl (C=O) groups is 1. The molecule has 2 heterocycles. The minimum absolute atomic E-state index is 0.0668. The number of carbonyl (C=O) groups excluding carboxylic acids is 1. The molecule has 0 aliphatic heterocycles. The lowest BCUT2D eigenvalue weighted by Crippen LogP contribution is -2.23. The second-order valence-corrected chi connectivity index (χ2v) is 5.04. The summed E-state index contributed by atoms with van der Waals surface area (Å²) in [6, 6.07) is 8.60. The van der Waals surface area contributed by atoms with E-state index in [1.165, 1.54) is 12.4 Å². The summed E-state index contributed by atoms with van der Waals surface area (Å²) in [4.78, 5) is 29.0. The summed E-state index contributed by atoms with van der Waals surface area (Å²) < 4.78 is 7.01. The number of pyridine rings is 2. The monoisotopic (exact) mass is 309 g/mol. The number of amides is 1. The van der Waals surface area contributed by atoms with E-state index in [4.69, 9.17) is 4.74 Å². The molecular formula is C17H15N3O3. The molecule has 3 rings (SSSR count). The molecule has 0 spiro atoms. The number of aryl methyl sites for hydroxylation is 1. The largest absolute Gasteiger partial charge is 0.495 e. The molecule has 23 heavy (non-hydrogen) atoms. The van der Waals surface area contributed by atoms with Gasteiger partial charge in [0.25, 0.3) is 5.91 Å². The first kappa shape index (κ1) is 14.8. The topological polar surface area (TPSA) is 73.2 Å². The fourth-order valence-electron chi connectivity index (χ4n) is 2.49. The predicted molar refractivity (Wildman–Crippen MR) is 87.9 cm³/mol. The molecule has 0 aliphatic carbocycles. The van der Waals surface area contributed by atoms with Gasteiger partial charge >= 0.3 is 0 Å². The zero-order valence-electron chi connectivity index (χ0n) is 12.7. The molecule has 0 bridgehead atoms. The fraction of sp³-hybridized carbons (Fsp3) is 0.118. The van der Waals surface area contributed by atoms with Crippen LogP contribution in [0, 0.1) is 0 Å². The minimum atomic E-state index is -0.469. The molecule has 116 valence electrons. The highest BCUT2D eigenvalue weighted by Crippen LogP contribution is 2.23. The number of hydrogen-bond acceptors (Lipinski definition) is 4. The van der Waals surface area contributed by atoms with E-state index in [1.807, 2.05) is 0 Å². The Labute approximate surface area is 132 Å². The first-order chi connectivity index (χ1) is 11.1. The Morgan fingerprint density at radius 2 is 2.09 bits per heavy atom. The Balaban J connectivity index is 2.11. The summed E-state index contributed by atoms with van der Waals surface area (Å²) in [6.45, 7) is 0. The van der Waals surface area contributed by atoms with Crippen LogP contribution in [0.15, 0.2) is 53.7 Å². The molecule has 0 aliphatic rings. The van der Waals surface area contributed by atoms with Crippen LogP contribution in [0.2, 0.25) is 0 Å². The molecule has 0 saturated heterocycles. The Bertz CT molecular complexity index is 933. The average molecular weight is 309 g/mol. The van der Waals surface area contributed by atoms with Gasteiger partial charge in [-0.3, -0.25) is 14.6 Å². The van der Waals surface area contributed by atoms with Crippen molar-refractivity contribution in [1.82, 2.24) is 9.55 Å². The van der Waals surface area contributed by atoms with Crippen molar-refractivity contribution in [2.75, 3.05) is 12.4 Å². The van der Waals surface area contributed by atoms with Gasteiger partial charge in [0.15, 0.2) is 0 Å². The fourth-order valence-corrected chi connectivity index (χ4v) is 2.49. The number of hydrogen-bond donors (Lipinski definition) is 1. The standard InChI is InChI=1S/C17H15N3O3/c1-20-10-13(17(22)19-11-5-4-8-18-9-11)16(21)12-6-3-7-14(23-2)15(12)20/h3-10H,1-2H3,(H,19,22). The molecule has 0 radical (unpaired) electrons. The predicted octanol–water partition coefficient (Wildman–Crippen LogP) is 2.19. The number of nitrogens with one attached hydrogen (secondary N) is 1. The molecule has 6 heteroatoms. The van der Waals surface area contributed by atoms with Gasteiger partial charge in [0.05, 0.1) is 29.9 Å².